The molecule has 4 heteroatoms. The number of hydrogen-bond acceptors (Lipinski definition) is 2. The van der Waals surface area contributed by atoms with Gasteiger partial charge >= 0.3 is 0 Å². The lowest BCUT2D eigenvalue weighted by atomic mass is 10.7. The van der Waals surface area contributed by atoms with Crippen LogP contribution in [0.15, 0.2) is 0 Å². The van der Waals surface area contributed by atoms with Crippen molar-refractivity contribution in [1.29, 1.82) is 0 Å². The molecular weight excluding hydrogens is 132 g/mol. The standard InChI is InChI=1S/C6H12N2O2/c7-1-3-9-5-6-10-4-2-8/h1-6H2. The molecule has 0 heterocycles. The maximum absolute atomic E-state index is 8.26. The molecule has 4 radical (unpaired) electrons. The molecule has 0 saturated heterocycles. The first-order valence-corrected chi connectivity index (χ1v) is 3.29. The highest BCUT2D eigenvalue weighted by Gasteiger charge is 1.87. The molecule has 0 aliphatic rings. The van der Waals surface area contributed by atoms with Gasteiger partial charge in [0.15, 0.2) is 0 Å². The molecular formula is C6H12N2O2. The monoisotopic (exact) mass is 144 g/mol. The van der Waals surface area contributed by atoms with Crippen molar-refractivity contribution in [2.75, 3.05) is 39.5 Å². The topological polar surface area (TPSA) is 63.1 Å². The highest BCUT2D eigenvalue weighted by Crippen LogP contribution is 1.76. The second kappa shape index (κ2) is 8.84. The minimum Gasteiger partial charge on any atom is -0.378 e. The molecule has 0 unspecified atom stereocenters. The first-order valence-electron chi connectivity index (χ1n) is 3.29. The van der Waals surface area contributed by atoms with Gasteiger partial charge in [-0.3, -0.25) is 0 Å². The van der Waals surface area contributed by atoms with E-state index >= 15 is 0 Å². The van der Waals surface area contributed by atoms with Crippen molar-refractivity contribution in [2.24, 2.45) is 0 Å². The number of nitrogens with zero attached hydrogens (tertiary/aromatic N) is 2. The van der Waals surface area contributed by atoms with E-state index in [1.807, 2.05) is 0 Å². The van der Waals surface area contributed by atoms with Crippen molar-refractivity contribution < 1.29 is 9.47 Å². The van der Waals surface area contributed by atoms with Crippen LogP contribution < -0.4 is 11.5 Å². The van der Waals surface area contributed by atoms with Gasteiger partial charge in [-0.25, -0.2) is 0 Å². The fraction of sp³-hybridized carbons (Fsp3) is 1.00. The summed E-state index contributed by atoms with van der Waals surface area (Å²) in [6.45, 7) is 1.73. The highest BCUT2D eigenvalue weighted by atomic mass is 16.5. The molecule has 10 heavy (non-hydrogen) atoms. The lowest BCUT2D eigenvalue weighted by Gasteiger charge is -2.01. The van der Waals surface area contributed by atoms with Crippen molar-refractivity contribution in [3.63, 3.8) is 0 Å². The SMILES string of the molecule is [N]CCOCCOCC[N]. The molecule has 4 nitrogen and oxygen atoms in total. The Labute approximate surface area is 61.5 Å². The minimum absolute atomic E-state index is 0.0417. The van der Waals surface area contributed by atoms with Crippen LogP contribution in [0.5, 0.6) is 0 Å². The summed E-state index contributed by atoms with van der Waals surface area (Å²) in [5, 5.41) is 0. The van der Waals surface area contributed by atoms with Crippen LogP contribution in [-0.4, -0.2) is 39.5 Å². The van der Waals surface area contributed by atoms with Crippen LogP contribution in [0.2, 0.25) is 0 Å². The zero-order chi connectivity index (χ0) is 7.66. The lowest BCUT2D eigenvalue weighted by molar-refractivity contribution is 0.0532. The Morgan fingerprint density at radius 3 is 1.40 bits per heavy atom. The number of ether oxygens (including phenoxy) is 2. The van der Waals surface area contributed by atoms with Gasteiger partial charge in [-0.2, -0.15) is 0 Å². The summed E-state index contributed by atoms with van der Waals surface area (Å²) in [5.41, 5.74) is 16.5. The molecule has 0 aliphatic heterocycles. The van der Waals surface area contributed by atoms with Crippen molar-refractivity contribution in [3.8, 4) is 0 Å². The molecule has 0 aromatic carbocycles. The Hall–Kier alpha value is -0.160. The summed E-state index contributed by atoms with van der Waals surface area (Å²) in [6.07, 6.45) is 0. The van der Waals surface area contributed by atoms with Crippen LogP contribution in [0.1, 0.15) is 0 Å². The summed E-state index contributed by atoms with van der Waals surface area (Å²) in [5.74, 6) is 0. The number of rotatable bonds is 7. The summed E-state index contributed by atoms with van der Waals surface area (Å²) < 4.78 is 9.75. The minimum atomic E-state index is 0.0417. The van der Waals surface area contributed by atoms with Gasteiger partial charge in [0.25, 0.3) is 0 Å². The Balaban J connectivity index is 2.65. The van der Waals surface area contributed by atoms with Crippen molar-refractivity contribution in [1.82, 2.24) is 11.5 Å². The van der Waals surface area contributed by atoms with Crippen LogP contribution in [-0.2, 0) is 9.47 Å². The van der Waals surface area contributed by atoms with Crippen LogP contribution in [0.3, 0.4) is 0 Å². The van der Waals surface area contributed by atoms with Crippen molar-refractivity contribution in [2.45, 2.75) is 0 Å². The maximum atomic E-state index is 8.26. The van der Waals surface area contributed by atoms with Gasteiger partial charge in [0.1, 0.15) is 0 Å². The van der Waals surface area contributed by atoms with E-state index in [4.69, 9.17) is 20.9 Å². The van der Waals surface area contributed by atoms with E-state index in [1.54, 1.807) is 0 Å². The molecule has 0 aromatic rings. The summed E-state index contributed by atoms with van der Waals surface area (Å²) in [4.78, 5) is 0. The predicted octanol–water partition coefficient (Wildman–Crippen LogP) is -0.843. The summed E-state index contributed by atoms with van der Waals surface area (Å²) in [6, 6.07) is 0. The van der Waals surface area contributed by atoms with E-state index in [2.05, 4.69) is 0 Å². The van der Waals surface area contributed by atoms with Crippen LogP contribution >= 0.6 is 0 Å². The smallest absolute Gasteiger partial charge is 0.0701 e. The van der Waals surface area contributed by atoms with Crippen molar-refractivity contribution >= 4 is 0 Å². The molecule has 0 atom stereocenters. The Morgan fingerprint density at radius 2 is 1.10 bits per heavy atom. The molecule has 0 rings (SSSR count). The third-order valence-corrected chi connectivity index (χ3v) is 0.843. The van der Waals surface area contributed by atoms with Gasteiger partial charge in [0.05, 0.1) is 39.5 Å². The van der Waals surface area contributed by atoms with E-state index in [0.29, 0.717) is 26.4 Å². The fourth-order valence-corrected chi connectivity index (χ4v) is 0.451. The largest absolute Gasteiger partial charge is 0.378 e. The zero-order valence-electron chi connectivity index (χ0n) is 5.95. The normalized spacial score (nSPS) is 10.2. The first-order chi connectivity index (χ1) is 4.91. The molecule has 0 saturated carbocycles. The fourth-order valence-electron chi connectivity index (χ4n) is 0.451. The third kappa shape index (κ3) is 7.84. The highest BCUT2D eigenvalue weighted by molar-refractivity contribution is 4.33. The number of hydrogen-bond donors (Lipinski definition) is 0. The third-order valence-electron chi connectivity index (χ3n) is 0.843. The maximum Gasteiger partial charge on any atom is 0.0701 e. The molecule has 0 N–H and O–H groups in total. The average Bonchev–Trinajstić information content (AvgIpc) is 1.97. The Kier molecular flexibility index (Phi) is 8.70. The zero-order valence-corrected chi connectivity index (χ0v) is 5.95. The van der Waals surface area contributed by atoms with Gasteiger partial charge in [-0.1, -0.05) is 0 Å². The van der Waals surface area contributed by atoms with E-state index < -0.39 is 0 Å². The lowest BCUT2D eigenvalue weighted by Crippen LogP contribution is -2.09. The predicted molar refractivity (Wildman–Crippen MR) is 35.6 cm³/mol. The molecule has 0 bridgehead atoms. The van der Waals surface area contributed by atoms with E-state index in [1.165, 1.54) is 0 Å². The van der Waals surface area contributed by atoms with E-state index in [9.17, 15) is 0 Å². The van der Waals surface area contributed by atoms with Crippen molar-refractivity contribution in [3.05, 3.63) is 0 Å². The van der Waals surface area contributed by atoms with Crippen LogP contribution in [0.4, 0.5) is 0 Å². The first kappa shape index (κ1) is 9.84. The molecule has 0 fully saturated rings. The van der Waals surface area contributed by atoms with Gasteiger partial charge < -0.3 is 9.47 Å². The van der Waals surface area contributed by atoms with E-state index in [-0.39, 0.29) is 13.1 Å². The van der Waals surface area contributed by atoms with Crippen LogP contribution in [0.25, 0.3) is 0 Å². The molecule has 0 amide bonds. The second-order valence-electron chi connectivity index (χ2n) is 1.67. The Bertz CT molecular complexity index is 53.7. The molecule has 0 spiro atoms. The Morgan fingerprint density at radius 1 is 0.700 bits per heavy atom. The summed E-state index contributed by atoms with van der Waals surface area (Å²) in [7, 11) is 0. The molecule has 58 valence electrons. The van der Waals surface area contributed by atoms with E-state index in [0.717, 1.165) is 0 Å². The molecule has 0 aromatic heterocycles. The van der Waals surface area contributed by atoms with Crippen LogP contribution in [0, 0.1) is 0 Å². The second-order valence-corrected chi connectivity index (χ2v) is 1.67. The quantitative estimate of drug-likeness (QED) is 0.437. The van der Waals surface area contributed by atoms with Gasteiger partial charge in [0.2, 0.25) is 0 Å². The summed E-state index contributed by atoms with van der Waals surface area (Å²) >= 11 is 0. The van der Waals surface area contributed by atoms with Gasteiger partial charge in [-0.15, -0.1) is 11.5 Å². The molecule has 0 aliphatic carbocycles. The average molecular weight is 144 g/mol. The van der Waals surface area contributed by atoms with Gasteiger partial charge in [0, 0.05) is 0 Å². The van der Waals surface area contributed by atoms with Gasteiger partial charge in [-0.05, 0) is 0 Å².